The zero-order valence-corrected chi connectivity index (χ0v) is 20.5. The fourth-order valence-electron chi connectivity index (χ4n) is 2.63. The summed E-state index contributed by atoms with van der Waals surface area (Å²) >= 11 is 3.55. The number of furan rings is 1. The zero-order valence-electron chi connectivity index (χ0n) is 16.5. The number of thiazole rings is 1. The van der Waals surface area contributed by atoms with E-state index in [1.165, 1.54) is 4.90 Å². The SMILES string of the molecule is CN(CCc1nccs1)C(=NCCc1ccco1)NCCSc1ccccc1.I. The third kappa shape index (κ3) is 8.79. The third-order valence-corrected chi connectivity index (χ3v) is 5.96. The molecule has 0 amide bonds. The number of hydrogen-bond donors (Lipinski definition) is 1. The summed E-state index contributed by atoms with van der Waals surface area (Å²) in [6.07, 6.45) is 5.29. The number of nitrogens with zero attached hydrogens (tertiary/aromatic N) is 3. The van der Waals surface area contributed by atoms with Gasteiger partial charge in [-0.1, -0.05) is 18.2 Å². The predicted molar refractivity (Wildman–Crippen MR) is 134 cm³/mol. The molecule has 2 aromatic heterocycles. The average molecular weight is 543 g/mol. The molecule has 2 heterocycles. The number of rotatable bonds is 10. The van der Waals surface area contributed by atoms with Crippen LogP contribution in [0.4, 0.5) is 0 Å². The summed E-state index contributed by atoms with van der Waals surface area (Å²) in [7, 11) is 2.08. The minimum absolute atomic E-state index is 0. The monoisotopic (exact) mass is 542 g/mol. The minimum atomic E-state index is 0. The van der Waals surface area contributed by atoms with Crippen molar-refractivity contribution >= 4 is 53.0 Å². The molecule has 5 nitrogen and oxygen atoms in total. The van der Waals surface area contributed by atoms with Crippen LogP contribution in [0.5, 0.6) is 0 Å². The third-order valence-electron chi connectivity index (χ3n) is 4.10. The number of guanidine groups is 1. The molecule has 156 valence electrons. The number of nitrogens with one attached hydrogen (secondary N) is 1. The first kappa shape index (κ1) is 23.8. The van der Waals surface area contributed by atoms with Crippen molar-refractivity contribution in [3.05, 3.63) is 71.1 Å². The highest BCUT2D eigenvalue weighted by Gasteiger charge is 2.08. The molecule has 3 rings (SSSR count). The second kappa shape index (κ2) is 13.7. The molecule has 1 N–H and O–H groups in total. The van der Waals surface area contributed by atoms with E-state index < -0.39 is 0 Å². The van der Waals surface area contributed by atoms with Crippen LogP contribution in [0.3, 0.4) is 0 Å². The van der Waals surface area contributed by atoms with Crippen LogP contribution in [-0.2, 0) is 12.8 Å². The van der Waals surface area contributed by atoms with Crippen LogP contribution in [0.2, 0.25) is 0 Å². The topological polar surface area (TPSA) is 53.7 Å². The number of thioether (sulfide) groups is 1. The highest BCUT2D eigenvalue weighted by Crippen LogP contribution is 2.15. The van der Waals surface area contributed by atoms with Gasteiger partial charge in [0.1, 0.15) is 5.76 Å². The van der Waals surface area contributed by atoms with Crippen LogP contribution < -0.4 is 5.32 Å². The van der Waals surface area contributed by atoms with Crippen LogP contribution in [0.15, 0.2) is 74.6 Å². The van der Waals surface area contributed by atoms with Crippen molar-refractivity contribution in [3.8, 4) is 0 Å². The van der Waals surface area contributed by atoms with Crippen LogP contribution in [0.25, 0.3) is 0 Å². The fraction of sp³-hybridized carbons (Fsp3) is 0.333. The second-order valence-corrected chi connectivity index (χ2v) is 8.37. The van der Waals surface area contributed by atoms with Crippen molar-refractivity contribution in [2.75, 3.05) is 32.4 Å². The minimum Gasteiger partial charge on any atom is -0.469 e. The summed E-state index contributed by atoms with van der Waals surface area (Å²) in [6.45, 7) is 2.44. The molecule has 3 aromatic rings. The van der Waals surface area contributed by atoms with Gasteiger partial charge in [0.2, 0.25) is 0 Å². The number of aliphatic imine (C=N–C) groups is 1. The summed E-state index contributed by atoms with van der Waals surface area (Å²) in [4.78, 5) is 12.6. The lowest BCUT2D eigenvalue weighted by Gasteiger charge is -2.22. The molecule has 0 radical (unpaired) electrons. The molecule has 29 heavy (non-hydrogen) atoms. The van der Waals surface area contributed by atoms with E-state index in [2.05, 4.69) is 46.5 Å². The molecule has 0 aliphatic rings. The molecular weight excluding hydrogens is 515 g/mol. The van der Waals surface area contributed by atoms with Gasteiger partial charge in [0.05, 0.1) is 11.3 Å². The lowest BCUT2D eigenvalue weighted by Crippen LogP contribution is -2.41. The molecule has 1 aromatic carbocycles. The Morgan fingerprint density at radius 3 is 2.79 bits per heavy atom. The van der Waals surface area contributed by atoms with E-state index in [9.17, 15) is 0 Å². The summed E-state index contributed by atoms with van der Waals surface area (Å²) in [5.74, 6) is 2.88. The van der Waals surface area contributed by atoms with E-state index >= 15 is 0 Å². The highest BCUT2D eigenvalue weighted by atomic mass is 127. The fourth-order valence-corrected chi connectivity index (χ4v) is 4.03. The lowest BCUT2D eigenvalue weighted by molar-refractivity contribution is 0.481. The van der Waals surface area contributed by atoms with Gasteiger partial charge in [0.25, 0.3) is 0 Å². The van der Waals surface area contributed by atoms with Gasteiger partial charge < -0.3 is 14.6 Å². The van der Waals surface area contributed by atoms with E-state index in [-0.39, 0.29) is 24.0 Å². The molecule has 0 atom stereocenters. The summed E-state index contributed by atoms with van der Waals surface area (Å²) in [5, 5.41) is 6.68. The van der Waals surface area contributed by atoms with Crippen molar-refractivity contribution in [1.82, 2.24) is 15.2 Å². The largest absolute Gasteiger partial charge is 0.469 e. The van der Waals surface area contributed by atoms with E-state index in [0.717, 1.165) is 48.4 Å². The Morgan fingerprint density at radius 2 is 2.07 bits per heavy atom. The molecule has 0 bridgehead atoms. The highest BCUT2D eigenvalue weighted by molar-refractivity contribution is 14.0. The molecule has 0 fully saturated rings. The van der Waals surface area contributed by atoms with Crippen LogP contribution in [-0.4, -0.2) is 48.3 Å². The van der Waals surface area contributed by atoms with Gasteiger partial charge in [0.15, 0.2) is 5.96 Å². The van der Waals surface area contributed by atoms with Crippen molar-refractivity contribution in [2.24, 2.45) is 4.99 Å². The Hall–Kier alpha value is -1.52. The Morgan fingerprint density at radius 1 is 1.21 bits per heavy atom. The lowest BCUT2D eigenvalue weighted by atomic mass is 10.3. The second-order valence-electron chi connectivity index (χ2n) is 6.22. The molecule has 0 saturated heterocycles. The smallest absolute Gasteiger partial charge is 0.193 e. The molecule has 0 aliphatic carbocycles. The van der Waals surface area contributed by atoms with Gasteiger partial charge in [-0.05, 0) is 24.3 Å². The van der Waals surface area contributed by atoms with Crippen molar-refractivity contribution < 1.29 is 4.42 Å². The molecular formula is C21H27IN4OS2. The molecule has 0 spiro atoms. The average Bonchev–Trinajstić information content (AvgIpc) is 3.43. The van der Waals surface area contributed by atoms with Gasteiger partial charge in [-0.3, -0.25) is 4.99 Å². The summed E-state index contributed by atoms with van der Waals surface area (Å²) in [6, 6.07) is 14.4. The maximum Gasteiger partial charge on any atom is 0.193 e. The Bertz CT molecular complexity index is 811. The van der Waals surface area contributed by atoms with Crippen molar-refractivity contribution in [2.45, 2.75) is 17.7 Å². The maximum atomic E-state index is 5.41. The van der Waals surface area contributed by atoms with Crippen molar-refractivity contribution in [3.63, 3.8) is 0 Å². The molecule has 8 heteroatoms. The van der Waals surface area contributed by atoms with E-state index in [4.69, 9.17) is 9.41 Å². The Balaban J connectivity index is 0.00000300. The van der Waals surface area contributed by atoms with E-state index in [1.54, 1.807) is 17.6 Å². The van der Waals surface area contributed by atoms with Crippen LogP contribution >= 0.6 is 47.1 Å². The molecule has 0 unspecified atom stereocenters. The van der Waals surface area contributed by atoms with E-state index in [1.807, 2.05) is 41.5 Å². The van der Waals surface area contributed by atoms with Gasteiger partial charge in [-0.25, -0.2) is 4.98 Å². The number of halogens is 1. The van der Waals surface area contributed by atoms with E-state index in [0.29, 0.717) is 6.54 Å². The number of likely N-dealkylation sites (N-methyl/N-ethyl adjacent to an activating group) is 1. The predicted octanol–water partition coefficient (Wildman–Crippen LogP) is 4.81. The molecule has 0 aliphatic heterocycles. The normalized spacial score (nSPS) is 11.1. The Labute approximate surface area is 198 Å². The Kier molecular flexibility index (Phi) is 11.2. The summed E-state index contributed by atoms with van der Waals surface area (Å²) < 4.78 is 5.41. The number of hydrogen-bond acceptors (Lipinski definition) is 5. The number of benzene rings is 1. The van der Waals surface area contributed by atoms with Gasteiger partial charge >= 0.3 is 0 Å². The number of aromatic nitrogens is 1. The summed E-state index contributed by atoms with van der Waals surface area (Å²) in [5.41, 5.74) is 0. The molecule has 0 saturated carbocycles. The maximum absolute atomic E-state index is 5.41. The van der Waals surface area contributed by atoms with Crippen LogP contribution in [0, 0.1) is 0 Å². The first-order chi connectivity index (χ1) is 13.8. The van der Waals surface area contributed by atoms with Crippen molar-refractivity contribution in [1.29, 1.82) is 0 Å². The first-order valence-electron chi connectivity index (χ1n) is 9.39. The zero-order chi connectivity index (χ0) is 19.4. The van der Waals surface area contributed by atoms with Gasteiger partial charge in [-0.2, -0.15) is 0 Å². The first-order valence-corrected chi connectivity index (χ1v) is 11.3. The van der Waals surface area contributed by atoms with Gasteiger partial charge in [0, 0.05) is 61.7 Å². The van der Waals surface area contributed by atoms with Crippen LogP contribution in [0.1, 0.15) is 10.8 Å². The standard InChI is InChI=1S/C21H26N4OS2.HI/c1-25(14-10-20-22-12-17-28-20)21(23-11-9-18-6-5-15-26-18)24-13-16-27-19-7-3-2-4-8-19;/h2-8,12,15,17H,9-11,13-14,16H2,1H3,(H,23,24);1H. The van der Waals surface area contributed by atoms with Gasteiger partial charge in [-0.15, -0.1) is 47.1 Å². The quantitative estimate of drug-likeness (QED) is 0.131.